The number of rotatable bonds is 8. The number of para-hydroxylation sites is 2. The number of hydrogen-bond donors (Lipinski definition) is 1. The van der Waals surface area contributed by atoms with Crippen molar-refractivity contribution >= 4 is 56.5 Å². The Morgan fingerprint density at radius 2 is 1.76 bits per heavy atom. The quantitative estimate of drug-likeness (QED) is 0.112. The molecule has 1 heterocycles. The van der Waals surface area contributed by atoms with E-state index in [-0.39, 0.29) is 17.9 Å². The summed E-state index contributed by atoms with van der Waals surface area (Å²) >= 11 is 2.16. The van der Waals surface area contributed by atoms with E-state index in [0.29, 0.717) is 39.9 Å². The third kappa shape index (κ3) is 4.81. The highest BCUT2D eigenvalue weighted by molar-refractivity contribution is 14.1. The van der Waals surface area contributed by atoms with Gasteiger partial charge in [-0.25, -0.2) is 5.43 Å². The van der Waals surface area contributed by atoms with Gasteiger partial charge >= 0.3 is 0 Å². The molecule has 0 saturated carbocycles. The van der Waals surface area contributed by atoms with Crippen LogP contribution in [-0.4, -0.2) is 30.4 Å². The second kappa shape index (κ2) is 10.5. The molecule has 0 unspecified atom stereocenters. The number of ether oxygens (including phenoxy) is 2. The number of aromatic nitrogens is 1. The smallest absolute Gasteiger partial charge is 0.260 e. The van der Waals surface area contributed by atoms with Gasteiger partial charge in [0.05, 0.1) is 27.9 Å². The Bertz CT molecular complexity index is 1420. The predicted octanol–water partition coefficient (Wildman–Crippen LogP) is 4.48. The Morgan fingerprint density at radius 3 is 2.38 bits per heavy atom. The van der Waals surface area contributed by atoms with Crippen LogP contribution in [0.15, 0.2) is 83.2 Å². The van der Waals surface area contributed by atoms with Crippen molar-refractivity contribution in [3.63, 3.8) is 0 Å². The number of carbonyl (C=O) groups is 1. The van der Waals surface area contributed by atoms with E-state index < -0.39 is 0 Å². The molecule has 7 nitrogen and oxygen atoms in total. The van der Waals surface area contributed by atoms with Gasteiger partial charge in [0.15, 0.2) is 16.9 Å². The van der Waals surface area contributed by atoms with Gasteiger partial charge in [0.1, 0.15) is 13.2 Å². The minimum atomic E-state index is -0.317. The SMILES string of the molecule is C=CCOc1c(I)cc(/C=N\NC(=O)Cn2c3ccccc3c(=O)c3ccccc32)cc1OC. The Labute approximate surface area is 209 Å². The molecule has 0 fully saturated rings. The molecule has 4 rings (SSSR count). The average molecular weight is 567 g/mol. The lowest BCUT2D eigenvalue weighted by Crippen LogP contribution is -2.25. The first kappa shape index (κ1) is 23.5. The molecule has 0 spiro atoms. The molecule has 1 N–H and O–H groups in total. The molecule has 0 saturated heterocycles. The van der Waals surface area contributed by atoms with Crippen molar-refractivity contribution in [1.82, 2.24) is 9.99 Å². The van der Waals surface area contributed by atoms with Crippen LogP contribution in [0.5, 0.6) is 11.5 Å². The predicted molar refractivity (Wildman–Crippen MR) is 143 cm³/mol. The van der Waals surface area contributed by atoms with Crippen LogP contribution in [0.2, 0.25) is 0 Å². The van der Waals surface area contributed by atoms with E-state index in [0.717, 1.165) is 9.13 Å². The van der Waals surface area contributed by atoms with Crippen LogP contribution >= 0.6 is 22.6 Å². The van der Waals surface area contributed by atoms with Gasteiger partial charge in [-0.15, -0.1) is 0 Å². The largest absolute Gasteiger partial charge is 0.493 e. The summed E-state index contributed by atoms with van der Waals surface area (Å²) in [5.41, 5.74) is 4.65. The van der Waals surface area contributed by atoms with E-state index in [1.54, 1.807) is 37.6 Å². The summed E-state index contributed by atoms with van der Waals surface area (Å²) in [5.74, 6) is 0.872. The molecule has 0 radical (unpaired) electrons. The highest BCUT2D eigenvalue weighted by Gasteiger charge is 2.13. The van der Waals surface area contributed by atoms with E-state index in [1.165, 1.54) is 0 Å². The van der Waals surface area contributed by atoms with Crippen LogP contribution in [0.3, 0.4) is 0 Å². The van der Waals surface area contributed by atoms with Crippen molar-refractivity contribution < 1.29 is 14.3 Å². The van der Waals surface area contributed by atoms with E-state index in [2.05, 4.69) is 39.7 Å². The van der Waals surface area contributed by atoms with Crippen LogP contribution < -0.4 is 20.3 Å². The molecule has 1 aromatic heterocycles. The highest BCUT2D eigenvalue weighted by atomic mass is 127. The van der Waals surface area contributed by atoms with Crippen LogP contribution in [-0.2, 0) is 11.3 Å². The first-order valence-corrected chi connectivity index (χ1v) is 11.5. The Balaban J connectivity index is 1.57. The van der Waals surface area contributed by atoms with Crippen molar-refractivity contribution in [2.45, 2.75) is 6.54 Å². The Kier molecular flexibility index (Phi) is 7.27. The van der Waals surface area contributed by atoms with Crippen molar-refractivity contribution in [2.24, 2.45) is 5.10 Å². The maximum atomic E-state index is 12.9. The van der Waals surface area contributed by atoms with Crippen molar-refractivity contribution in [3.8, 4) is 11.5 Å². The first-order chi connectivity index (χ1) is 16.5. The van der Waals surface area contributed by atoms with Crippen LogP contribution in [0.25, 0.3) is 21.8 Å². The zero-order valence-corrected chi connectivity index (χ0v) is 20.6. The summed E-state index contributed by atoms with van der Waals surface area (Å²) in [5, 5.41) is 5.24. The molecule has 34 heavy (non-hydrogen) atoms. The summed E-state index contributed by atoms with van der Waals surface area (Å²) in [7, 11) is 1.56. The standard InChI is InChI=1S/C26H22IN3O4/c1-3-12-34-26-20(27)13-17(14-23(26)33-2)15-28-29-24(31)16-30-21-10-6-4-8-18(21)25(32)19-9-5-7-11-22(19)30/h3-11,13-15H,1,12,16H2,2H3,(H,29,31)/b28-15-. The maximum Gasteiger partial charge on any atom is 0.260 e. The molecule has 0 atom stereocenters. The van der Waals surface area contributed by atoms with Gasteiger partial charge in [-0.2, -0.15) is 5.10 Å². The molecule has 0 bridgehead atoms. The van der Waals surface area contributed by atoms with Crippen molar-refractivity contribution in [3.05, 3.63) is 92.7 Å². The minimum absolute atomic E-state index is 0.00777. The van der Waals surface area contributed by atoms with E-state index in [1.807, 2.05) is 47.0 Å². The summed E-state index contributed by atoms with van der Waals surface area (Å²) in [6, 6.07) is 18.2. The summed E-state index contributed by atoms with van der Waals surface area (Å²) < 4.78 is 13.8. The summed E-state index contributed by atoms with van der Waals surface area (Å²) in [6.07, 6.45) is 3.21. The van der Waals surface area contributed by atoms with Crippen molar-refractivity contribution in [1.29, 1.82) is 0 Å². The number of halogens is 1. The second-order valence-corrected chi connectivity index (χ2v) is 8.54. The Morgan fingerprint density at radius 1 is 1.12 bits per heavy atom. The third-order valence-corrected chi connectivity index (χ3v) is 5.98. The highest BCUT2D eigenvalue weighted by Crippen LogP contribution is 2.33. The molecule has 0 aliphatic rings. The number of nitrogens with zero attached hydrogens (tertiary/aromatic N) is 2. The van der Waals surface area contributed by atoms with Gasteiger partial charge in [0.2, 0.25) is 0 Å². The average Bonchev–Trinajstić information content (AvgIpc) is 2.85. The van der Waals surface area contributed by atoms with Gasteiger partial charge in [-0.3, -0.25) is 9.59 Å². The number of carbonyl (C=O) groups excluding carboxylic acids is 1. The molecular weight excluding hydrogens is 545 g/mol. The van der Waals surface area contributed by atoms with Gasteiger partial charge in [-0.1, -0.05) is 36.9 Å². The topological polar surface area (TPSA) is 81.9 Å². The van der Waals surface area contributed by atoms with Crippen LogP contribution in [0.4, 0.5) is 0 Å². The van der Waals surface area contributed by atoms with E-state index >= 15 is 0 Å². The fourth-order valence-electron chi connectivity index (χ4n) is 3.70. The lowest BCUT2D eigenvalue weighted by molar-refractivity contribution is -0.121. The second-order valence-electron chi connectivity index (χ2n) is 7.38. The summed E-state index contributed by atoms with van der Waals surface area (Å²) in [6.45, 7) is 4.03. The van der Waals surface area contributed by atoms with Crippen LogP contribution in [0, 0.1) is 3.57 Å². The molecule has 1 amide bonds. The maximum absolute atomic E-state index is 12.9. The molecule has 8 heteroatoms. The third-order valence-electron chi connectivity index (χ3n) is 5.18. The zero-order valence-electron chi connectivity index (χ0n) is 18.5. The lowest BCUT2D eigenvalue weighted by Gasteiger charge is -2.14. The zero-order chi connectivity index (χ0) is 24.1. The first-order valence-electron chi connectivity index (χ1n) is 10.5. The van der Waals surface area contributed by atoms with Gasteiger partial charge in [0.25, 0.3) is 5.91 Å². The monoisotopic (exact) mass is 567 g/mol. The van der Waals surface area contributed by atoms with E-state index in [4.69, 9.17) is 9.47 Å². The normalized spacial score (nSPS) is 11.1. The minimum Gasteiger partial charge on any atom is -0.493 e. The van der Waals surface area contributed by atoms with Gasteiger partial charge < -0.3 is 14.0 Å². The molecule has 172 valence electrons. The number of methoxy groups -OCH3 is 1. The number of benzene rings is 3. The van der Waals surface area contributed by atoms with Gasteiger partial charge in [0, 0.05) is 10.8 Å². The number of fused-ring (bicyclic) bond motifs is 2. The lowest BCUT2D eigenvalue weighted by atomic mass is 10.1. The van der Waals surface area contributed by atoms with Gasteiger partial charge in [-0.05, 0) is 64.6 Å². The molecular formula is C26H22IN3O4. The molecule has 0 aliphatic heterocycles. The fraction of sp³-hybridized carbons (Fsp3) is 0.115. The number of hydrazone groups is 1. The molecule has 3 aromatic carbocycles. The molecule has 4 aromatic rings. The number of pyridine rings is 1. The number of hydrogen-bond acceptors (Lipinski definition) is 5. The number of amides is 1. The van der Waals surface area contributed by atoms with Crippen molar-refractivity contribution in [2.75, 3.05) is 13.7 Å². The fourth-order valence-corrected chi connectivity index (χ4v) is 4.48. The van der Waals surface area contributed by atoms with E-state index in [9.17, 15) is 9.59 Å². The summed E-state index contributed by atoms with van der Waals surface area (Å²) in [4.78, 5) is 25.6. The van der Waals surface area contributed by atoms with Crippen LogP contribution in [0.1, 0.15) is 5.56 Å². The molecule has 0 aliphatic carbocycles. The number of nitrogens with one attached hydrogen (secondary N) is 1. The Hall–Kier alpha value is -3.66.